The van der Waals surface area contributed by atoms with Crippen LogP contribution in [-0.4, -0.2) is 16.2 Å². The van der Waals surface area contributed by atoms with Gasteiger partial charge in [-0.2, -0.15) is 5.10 Å². The van der Waals surface area contributed by atoms with Gasteiger partial charge in [0.15, 0.2) is 0 Å². The van der Waals surface area contributed by atoms with Gasteiger partial charge in [-0.25, -0.2) is 10.4 Å². The molecule has 1 heterocycles. The summed E-state index contributed by atoms with van der Waals surface area (Å²) in [5, 5.41) is 4.60. The number of hydrogen-bond donors (Lipinski definition) is 2. The predicted molar refractivity (Wildman–Crippen MR) is 77.0 cm³/mol. The Balaban J connectivity index is 2.15. The summed E-state index contributed by atoms with van der Waals surface area (Å²) < 4.78 is 0. The van der Waals surface area contributed by atoms with Gasteiger partial charge in [0.2, 0.25) is 5.95 Å². The molecular weight excluding hydrogens is 264 g/mol. The van der Waals surface area contributed by atoms with Crippen molar-refractivity contribution in [1.82, 2.24) is 9.97 Å². The highest BCUT2D eigenvalue weighted by molar-refractivity contribution is 6.33. The highest BCUT2D eigenvalue weighted by atomic mass is 35.5. The molecule has 1 aromatic carbocycles. The lowest BCUT2D eigenvalue weighted by molar-refractivity contribution is 1.01. The molecule has 5 nitrogen and oxygen atoms in total. The van der Waals surface area contributed by atoms with Crippen LogP contribution in [0, 0.1) is 13.8 Å². The van der Waals surface area contributed by atoms with Crippen molar-refractivity contribution in [3.8, 4) is 0 Å². The van der Waals surface area contributed by atoms with Gasteiger partial charge in [0.05, 0.1) is 6.21 Å². The van der Waals surface area contributed by atoms with E-state index in [1.54, 1.807) is 26.1 Å². The van der Waals surface area contributed by atoms with Crippen molar-refractivity contribution in [3.63, 3.8) is 0 Å². The molecular formula is C13H13ClN4O. The molecule has 0 radical (unpaired) electrons. The lowest BCUT2D eigenvalue weighted by Gasteiger charge is -2.02. The molecule has 19 heavy (non-hydrogen) atoms. The molecule has 2 N–H and O–H groups in total. The van der Waals surface area contributed by atoms with Gasteiger partial charge in [-0.15, -0.1) is 0 Å². The highest BCUT2D eigenvalue weighted by Gasteiger charge is 2.02. The SMILES string of the molecule is Cc1nc(N/N=C\c2ccccc2Cl)[nH]c(=O)c1C. The van der Waals surface area contributed by atoms with Crippen molar-refractivity contribution in [2.24, 2.45) is 5.10 Å². The standard InChI is InChI=1S/C13H13ClN4O/c1-8-9(2)16-13(17-12(8)19)18-15-7-10-5-3-4-6-11(10)14/h3-7H,1-2H3,(H2,16,17,18,19)/b15-7-. The van der Waals surface area contributed by atoms with Gasteiger partial charge in [0.1, 0.15) is 0 Å². The molecule has 0 aliphatic rings. The summed E-state index contributed by atoms with van der Waals surface area (Å²) in [6, 6.07) is 7.32. The van der Waals surface area contributed by atoms with Gasteiger partial charge >= 0.3 is 0 Å². The fraction of sp³-hybridized carbons (Fsp3) is 0.154. The number of rotatable bonds is 3. The first kappa shape index (κ1) is 13.3. The summed E-state index contributed by atoms with van der Waals surface area (Å²) in [6.07, 6.45) is 1.57. The average molecular weight is 277 g/mol. The summed E-state index contributed by atoms with van der Waals surface area (Å²) in [7, 11) is 0. The number of hydrogen-bond acceptors (Lipinski definition) is 4. The van der Waals surface area contributed by atoms with Gasteiger partial charge in [0, 0.05) is 21.8 Å². The molecule has 0 spiro atoms. The maximum atomic E-state index is 11.5. The van der Waals surface area contributed by atoms with E-state index in [1.165, 1.54) is 0 Å². The zero-order valence-electron chi connectivity index (χ0n) is 10.6. The molecule has 1 aromatic heterocycles. The molecule has 0 amide bonds. The van der Waals surface area contributed by atoms with Crippen molar-refractivity contribution >= 4 is 23.8 Å². The number of benzene rings is 1. The minimum atomic E-state index is -0.178. The van der Waals surface area contributed by atoms with Crippen molar-refractivity contribution in [1.29, 1.82) is 0 Å². The van der Waals surface area contributed by atoms with Crippen LogP contribution in [0.4, 0.5) is 5.95 Å². The van der Waals surface area contributed by atoms with Crippen LogP contribution in [0.3, 0.4) is 0 Å². The van der Waals surface area contributed by atoms with Crippen LogP contribution >= 0.6 is 11.6 Å². The zero-order chi connectivity index (χ0) is 13.8. The van der Waals surface area contributed by atoms with E-state index in [-0.39, 0.29) is 5.56 Å². The first-order chi connectivity index (χ1) is 9.08. The molecule has 0 aliphatic carbocycles. The van der Waals surface area contributed by atoms with Gasteiger partial charge in [-0.1, -0.05) is 29.8 Å². The lowest BCUT2D eigenvalue weighted by atomic mass is 10.2. The summed E-state index contributed by atoms with van der Waals surface area (Å²) in [6.45, 7) is 3.49. The van der Waals surface area contributed by atoms with Gasteiger partial charge < -0.3 is 0 Å². The number of aryl methyl sites for hydroxylation is 1. The third-order valence-electron chi connectivity index (χ3n) is 2.67. The molecule has 0 fully saturated rings. The monoisotopic (exact) mass is 276 g/mol. The molecule has 0 saturated heterocycles. The molecule has 0 unspecified atom stereocenters. The summed E-state index contributed by atoms with van der Waals surface area (Å²) in [4.78, 5) is 18.3. The number of aromatic nitrogens is 2. The highest BCUT2D eigenvalue weighted by Crippen LogP contribution is 2.12. The first-order valence-electron chi connectivity index (χ1n) is 5.69. The third-order valence-corrected chi connectivity index (χ3v) is 3.02. The number of anilines is 1. The zero-order valence-corrected chi connectivity index (χ0v) is 11.3. The number of H-pyrrole nitrogens is 1. The van der Waals surface area contributed by atoms with E-state index < -0.39 is 0 Å². The van der Waals surface area contributed by atoms with E-state index in [0.29, 0.717) is 22.2 Å². The fourth-order valence-corrected chi connectivity index (χ4v) is 1.63. The van der Waals surface area contributed by atoms with Crippen LogP contribution in [0.5, 0.6) is 0 Å². The number of hydrazone groups is 1. The molecule has 0 aliphatic heterocycles. The van der Waals surface area contributed by atoms with Crippen LogP contribution in [0.1, 0.15) is 16.8 Å². The van der Waals surface area contributed by atoms with Crippen LogP contribution in [-0.2, 0) is 0 Å². The first-order valence-corrected chi connectivity index (χ1v) is 6.07. The number of aromatic amines is 1. The van der Waals surface area contributed by atoms with E-state index in [0.717, 1.165) is 5.56 Å². The largest absolute Gasteiger partial charge is 0.291 e. The van der Waals surface area contributed by atoms with Crippen molar-refractivity contribution in [2.75, 3.05) is 5.43 Å². The third kappa shape index (κ3) is 3.20. The second-order valence-corrected chi connectivity index (χ2v) is 4.42. The smallest absolute Gasteiger partial charge is 0.255 e. The molecule has 98 valence electrons. The second-order valence-electron chi connectivity index (χ2n) is 4.02. The van der Waals surface area contributed by atoms with Crippen molar-refractivity contribution in [2.45, 2.75) is 13.8 Å². The number of nitrogens with one attached hydrogen (secondary N) is 2. The van der Waals surface area contributed by atoms with E-state index in [2.05, 4.69) is 20.5 Å². The fourth-order valence-electron chi connectivity index (χ4n) is 1.44. The van der Waals surface area contributed by atoms with Gasteiger partial charge in [-0.3, -0.25) is 9.78 Å². The predicted octanol–water partition coefficient (Wildman–Crippen LogP) is 2.49. The van der Waals surface area contributed by atoms with Crippen LogP contribution in [0.2, 0.25) is 5.02 Å². The van der Waals surface area contributed by atoms with E-state index in [4.69, 9.17) is 11.6 Å². The topological polar surface area (TPSA) is 70.1 Å². The molecule has 2 rings (SSSR count). The van der Waals surface area contributed by atoms with Crippen LogP contribution < -0.4 is 11.0 Å². The van der Waals surface area contributed by atoms with E-state index in [9.17, 15) is 4.79 Å². The second kappa shape index (κ2) is 5.67. The average Bonchev–Trinajstić information content (AvgIpc) is 2.38. The summed E-state index contributed by atoms with van der Waals surface area (Å²) >= 11 is 5.98. The number of nitrogens with zero attached hydrogens (tertiary/aromatic N) is 2. The number of halogens is 1. The Morgan fingerprint density at radius 3 is 2.79 bits per heavy atom. The maximum absolute atomic E-state index is 11.5. The van der Waals surface area contributed by atoms with Gasteiger partial charge in [-0.05, 0) is 19.9 Å². The van der Waals surface area contributed by atoms with E-state index in [1.807, 2.05) is 18.2 Å². The molecule has 6 heteroatoms. The van der Waals surface area contributed by atoms with Crippen molar-refractivity contribution in [3.05, 3.63) is 56.5 Å². The molecule has 0 atom stereocenters. The minimum absolute atomic E-state index is 0.178. The molecule has 0 bridgehead atoms. The van der Waals surface area contributed by atoms with Crippen molar-refractivity contribution < 1.29 is 0 Å². The Kier molecular flexibility index (Phi) is 3.97. The van der Waals surface area contributed by atoms with Crippen LogP contribution in [0.25, 0.3) is 0 Å². The van der Waals surface area contributed by atoms with Gasteiger partial charge in [0.25, 0.3) is 5.56 Å². The van der Waals surface area contributed by atoms with Crippen LogP contribution in [0.15, 0.2) is 34.2 Å². The summed E-state index contributed by atoms with van der Waals surface area (Å²) in [5.74, 6) is 0.302. The quantitative estimate of drug-likeness (QED) is 0.668. The minimum Gasteiger partial charge on any atom is -0.291 e. The summed E-state index contributed by atoms with van der Waals surface area (Å²) in [5.41, 5.74) is 4.54. The normalized spacial score (nSPS) is 10.9. The Labute approximate surface area is 115 Å². The Bertz CT molecular complexity index is 679. The Hall–Kier alpha value is -2.14. The molecule has 0 saturated carbocycles. The lowest BCUT2D eigenvalue weighted by Crippen LogP contribution is -2.15. The van der Waals surface area contributed by atoms with E-state index >= 15 is 0 Å². The Morgan fingerprint density at radius 2 is 2.11 bits per heavy atom. The maximum Gasteiger partial charge on any atom is 0.255 e. The Morgan fingerprint density at radius 1 is 1.37 bits per heavy atom. The molecule has 2 aromatic rings.